The van der Waals surface area contributed by atoms with E-state index in [-0.39, 0.29) is 17.9 Å². The third-order valence-electron chi connectivity index (χ3n) is 7.43. The molecule has 1 aliphatic heterocycles. The number of likely N-dealkylation sites (N-methyl/N-ethyl adjacent to an activating group) is 1. The minimum Gasteiger partial charge on any atom is -0.348 e. The van der Waals surface area contributed by atoms with Crippen molar-refractivity contribution < 1.29 is 9.59 Å². The molecule has 5 aromatic rings. The normalized spacial score (nSPS) is 15.6. The molecule has 6 rings (SSSR count). The summed E-state index contributed by atoms with van der Waals surface area (Å²) in [5.41, 5.74) is 5.85. The molecule has 5 heterocycles. The maximum absolute atomic E-state index is 13.5. The lowest BCUT2D eigenvalue weighted by molar-refractivity contribution is 0.0938. The number of fused-ring (bicyclic) bond motifs is 2. The number of likely N-dealkylation sites (tertiary alicyclic amines) is 1. The number of hydrogen-bond acceptors (Lipinski definition) is 6. The number of carbonyl (C=O) groups excluding carboxylic acids is 2. The maximum atomic E-state index is 13.5. The number of anilines is 1. The number of amides is 2. The monoisotopic (exact) mass is 536 g/mol. The van der Waals surface area contributed by atoms with E-state index in [1.165, 1.54) is 6.20 Å². The fraction of sp³-hybridized carbons (Fsp3) is 0.300. The number of hydrogen-bond donors (Lipinski definition) is 2. The van der Waals surface area contributed by atoms with E-state index in [9.17, 15) is 9.59 Å². The van der Waals surface area contributed by atoms with E-state index in [1.54, 1.807) is 22.7 Å². The molecule has 2 amide bonds. The Morgan fingerprint density at radius 2 is 1.95 bits per heavy atom. The highest BCUT2D eigenvalue weighted by Crippen LogP contribution is 2.28. The average molecular weight is 537 g/mol. The van der Waals surface area contributed by atoms with Gasteiger partial charge in [0, 0.05) is 35.4 Å². The Kier molecular flexibility index (Phi) is 6.77. The van der Waals surface area contributed by atoms with E-state index in [2.05, 4.69) is 32.4 Å². The number of nitrogens with zero attached hydrogens (tertiary/aromatic N) is 6. The molecular weight excluding hydrogens is 504 g/mol. The van der Waals surface area contributed by atoms with Gasteiger partial charge < -0.3 is 15.5 Å². The molecule has 40 heavy (non-hydrogen) atoms. The number of aromatic nitrogens is 5. The van der Waals surface area contributed by atoms with Crippen molar-refractivity contribution in [2.24, 2.45) is 0 Å². The molecular formula is C30H32N8O2. The van der Waals surface area contributed by atoms with Gasteiger partial charge in [-0.3, -0.25) is 23.7 Å². The zero-order valence-corrected chi connectivity index (χ0v) is 22.9. The first kappa shape index (κ1) is 25.7. The quantitative estimate of drug-likeness (QED) is 0.328. The molecule has 10 heteroatoms. The summed E-state index contributed by atoms with van der Waals surface area (Å²) in [5.74, 6) is -0.421. The molecule has 0 bridgehead atoms. The lowest BCUT2D eigenvalue weighted by atomic mass is 10.1. The Hall–Kier alpha value is -4.57. The Labute approximate surface area is 232 Å². The molecule has 2 N–H and O–H groups in total. The Morgan fingerprint density at radius 3 is 2.73 bits per heavy atom. The van der Waals surface area contributed by atoms with Gasteiger partial charge in [0.15, 0.2) is 0 Å². The minimum atomic E-state index is -0.290. The smallest absolute Gasteiger partial charge is 0.274 e. The van der Waals surface area contributed by atoms with Gasteiger partial charge >= 0.3 is 0 Å². The van der Waals surface area contributed by atoms with Crippen LogP contribution >= 0.6 is 0 Å². The van der Waals surface area contributed by atoms with Crippen LogP contribution in [0, 0.1) is 6.92 Å². The van der Waals surface area contributed by atoms with Crippen LogP contribution in [-0.4, -0.2) is 67.0 Å². The summed E-state index contributed by atoms with van der Waals surface area (Å²) in [6.07, 6.45) is 4.91. The Balaban J connectivity index is 1.25. The van der Waals surface area contributed by atoms with E-state index in [0.717, 1.165) is 53.9 Å². The van der Waals surface area contributed by atoms with Crippen LogP contribution in [0.3, 0.4) is 0 Å². The number of rotatable bonds is 7. The average Bonchev–Trinajstić information content (AvgIpc) is 3.65. The van der Waals surface area contributed by atoms with E-state index in [1.807, 2.05) is 55.1 Å². The SMILES string of the molecule is CCc1nn(Cc2cccc(C)n2)c2cccc(NC(=O)c3cnc4cc(C(=O)NC5CCN(C)C5)ccn34)c12. The molecule has 1 fully saturated rings. The fourth-order valence-corrected chi connectivity index (χ4v) is 5.42. The molecule has 1 aromatic carbocycles. The van der Waals surface area contributed by atoms with E-state index < -0.39 is 0 Å². The molecule has 0 saturated carbocycles. The topological polar surface area (TPSA) is 109 Å². The minimum absolute atomic E-state index is 0.131. The summed E-state index contributed by atoms with van der Waals surface area (Å²) >= 11 is 0. The first-order valence-corrected chi connectivity index (χ1v) is 13.6. The van der Waals surface area contributed by atoms with E-state index in [0.29, 0.717) is 29.1 Å². The van der Waals surface area contributed by atoms with Gasteiger partial charge in [-0.25, -0.2) is 4.98 Å². The summed E-state index contributed by atoms with van der Waals surface area (Å²) < 4.78 is 3.64. The first-order chi connectivity index (χ1) is 19.4. The standard InChI is InChI=1S/C30H32N8O2/c1-4-23-28-24(9-6-10-25(28)38(35-23)18-21-8-5-7-19(2)32-21)34-30(40)26-16-31-27-15-20(11-14-37(26)27)29(39)33-22-12-13-36(3)17-22/h5-11,14-16,22H,4,12-13,17-18H2,1-3H3,(H,33,39)(H,34,40). The van der Waals surface area contributed by atoms with Gasteiger partial charge in [-0.2, -0.15) is 5.10 Å². The number of aryl methyl sites for hydroxylation is 2. The first-order valence-electron chi connectivity index (χ1n) is 13.6. The Morgan fingerprint density at radius 1 is 1.10 bits per heavy atom. The van der Waals surface area contributed by atoms with Crippen LogP contribution in [0.25, 0.3) is 16.6 Å². The van der Waals surface area contributed by atoms with Crippen molar-refractivity contribution in [2.45, 2.75) is 39.3 Å². The second-order valence-electron chi connectivity index (χ2n) is 10.4. The highest BCUT2D eigenvalue weighted by Gasteiger charge is 2.23. The van der Waals surface area contributed by atoms with Crippen molar-refractivity contribution in [3.05, 3.63) is 89.3 Å². The van der Waals surface area contributed by atoms with Gasteiger partial charge in [-0.05, 0) is 69.8 Å². The molecule has 1 unspecified atom stereocenters. The van der Waals surface area contributed by atoms with E-state index >= 15 is 0 Å². The summed E-state index contributed by atoms with van der Waals surface area (Å²) in [5, 5.41) is 11.9. The summed E-state index contributed by atoms with van der Waals surface area (Å²) in [4.78, 5) is 37.5. The number of imidazole rings is 1. The van der Waals surface area contributed by atoms with Crippen LogP contribution in [0.5, 0.6) is 0 Å². The molecule has 0 aliphatic carbocycles. The van der Waals surface area contributed by atoms with Gasteiger partial charge in [0.25, 0.3) is 11.8 Å². The van der Waals surface area contributed by atoms with Gasteiger partial charge in [0.2, 0.25) is 0 Å². The van der Waals surface area contributed by atoms with Crippen molar-refractivity contribution >= 4 is 34.1 Å². The predicted octanol–water partition coefficient (Wildman–Crippen LogP) is 3.68. The second-order valence-corrected chi connectivity index (χ2v) is 10.4. The van der Waals surface area contributed by atoms with Crippen LogP contribution in [0.15, 0.2) is 60.9 Å². The number of benzene rings is 1. The van der Waals surface area contributed by atoms with Crippen LogP contribution < -0.4 is 10.6 Å². The largest absolute Gasteiger partial charge is 0.348 e. The number of pyridine rings is 2. The Bertz CT molecular complexity index is 1740. The van der Waals surface area contributed by atoms with Crippen LogP contribution in [0.1, 0.15) is 51.3 Å². The molecule has 1 atom stereocenters. The van der Waals surface area contributed by atoms with E-state index in [4.69, 9.17) is 5.10 Å². The summed E-state index contributed by atoms with van der Waals surface area (Å²) in [6, 6.07) is 15.4. The van der Waals surface area contributed by atoms with Gasteiger partial charge in [0.05, 0.1) is 35.3 Å². The van der Waals surface area contributed by atoms with Crippen LogP contribution in [-0.2, 0) is 13.0 Å². The van der Waals surface area contributed by atoms with Crippen molar-refractivity contribution in [1.29, 1.82) is 0 Å². The zero-order chi connectivity index (χ0) is 27.8. The lowest BCUT2D eigenvalue weighted by Crippen LogP contribution is -2.36. The predicted molar refractivity (Wildman–Crippen MR) is 154 cm³/mol. The van der Waals surface area contributed by atoms with Crippen molar-refractivity contribution in [3.8, 4) is 0 Å². The molecule has 0 spiro atoms. The molecule has 0 radical (unpaired) electrons. The highest BCUT2D eigenvalue weighted by molar-refractivity contribution is 6.09. The molecule has 1 saturated heterocycles. The molecule has 1 aliphatic rings. The van der Waals surface area contributed by atoms with Crippen molar-refractivity contribution in [1.82, 2.24) is 34.4 Å². The molecule has 204 valence electrons. The highest BCUT2D eigenvalue weighted by atomic mass is 16.2. The number of carbonyl (C=O) groups is 2. The van der Waals surface area contributed by atoms with Crippen molar-refractivity contribution in [3.63, 3.8) is 0 Å². The van der Waals surface area contributed by atoms with Gasteiger partial charge in [-0.1, -0.05) is 19.1 Å². The third kappa shape index (κ3) is 4.93. The fourth-order valence-electron chi connectivity index (χ4n) is 5.42. The third-order valence-corrected chi connectivity index (χ3v) is 7.43. The van der Waals surface area contributed by atoms with Crippen LogP contribution in [0.4, 0.5) is 5.69 Å². The van der Waals surface area contributed by atoms with Gasteiger partial charge in [-0.15, -0.1) is 0 Å². The van der Waals surface area contributed by atoms with Crippen LogP contribution in [0.2, 0.25) is 0 Å². The second kappa shape index (κ2) is 10.5. The molecule has 10 nitrogen and oxygen atoms in total. The number of nitrogens with one attached hydrogen (secondary N) is 2. The lowest BCUT2D eigenvalue weighted by Gasteiger charge is -2.13. The molecule has 4 aromatic heterocycles. The van der Waals surface area contributed by atoms with Crippen molar-refractivity contribution in [2.75, 3.05) is 25.5 Å². The zero-order valence-electron chi connectivity index (χ0n) is 22.9. The van der Waals surface area contributed by atoms with Gasteiger partial charge in [0.1, 0.15) is 11.3 Å². The summed E-state index contributed by atoms with van der Waals surface area (Å²) in [7, 11) is 2.05. The maximum Gasteiger partial charge on any atom is 0.274 e. The summed E-state index contributed by atoms with van der Waals surface area (Å²) in [6.45, 7) is 6.38.